The number of nitrogens with zero attached hydrogens (tertiary/aromatic N) is 1. The lowest BCUT2D eigenvalue weighted by Crippen LogP contribution is -2.03. The van der Waals surface area contributed by atoms with Gasteiger partial charge in [0.05, 0.1) is 5.75 Å². The number of hydrogen-bond donors (Lipinski definition) is 0. The van der Waals surface area contributed by atoms with E-state index in [0.29, 0.717) is 16.3 Å². The Balaban J connectivity index is 1.71. The largest absolute Gasteiger partial charge is 0.431 e. The lowest BCUT2D eigenvalue weighted by molar-refractivity contribution is 0.102. The number of Topliss-reactive ketones (excluding diaryl/α,β-unsaturated/α-hetero) is 1. The zero-order valence-electron chi connectivity index (χ0n) is 10.7. The summed E-state index contributed by atoms with van der Waals surface area (Å²) in [7, 11) is 0. The minimum Gasteiger partial charge on any atom is -0.431 e. The second-order valence-corrected chi connectivity index (χ2v) is 5.21. The number of ketones is 1. The molecule has 2 aromatic carbocycles. The van der Waals surface area contributed by atoms with E-state index in [1.54, 1.807) is 12.1 Å². The third-order valence-corrected chi connectivity index (χ3v) is 3.67. The Morgan fingerprint density at radius 3 is 2.71 bits per heavy atom. The molecule has 21 heavy (non-hydrogen) atoms. The van der Waals surface area contributed by atoms with Crippen molar-refractivity contribution < 1.29 is 18.0 Å². The molecule has 3 aromatic rings. The highest BCUT2D eigenvalue weighted by molar-refractivity contribution is 7.99. The fourth-order valence-electron chi connectivity index (χ4n) is 1.79. The molecule has 0 bridgehead atoms. The van der Waals surface area contributed by atoms with Gasteiger partial charge in [-0.15, -0.1) is 0 Å². The molecule has 3 nitrogen and oxygen atoms in total. The Hall–Kier alpha value is -2.21. The number of hydrogen-bond acceptors (Lipinski definition) is 4. The first-order valence-corrected chi connectivity index (χ1v) is 7.08. The zero-order chi connectivity index (χ0) is 14.8. The number of halogens is 2. The third-order valence-electron chi connectivity index (χ3n) is 2.84. The van der Waals surface area contributed by atoms with Crippen molar-refractivity contribution in [3.8, 4) is 0 Å². The number of benzene rings is 2. The van der Waals surface area contributed by atoms with Gasteiger partial charge in [0, 0.05) is 5.56 Å². The van der Waals surface area contributed by atoms with Gasteiger partial charge in [-0.1, -0.05) is 23.9 Å². The van der Waals surface area contributed by atoms with Gasteiger partial charge < -0.3 is 4.42 Å². The summed E-state index contributed by atoms with van der Waals surface area (Å²) in [5.41, 5.74) is 1.47. The molecule has 6 heteroatoms. The van der Waals surface area contributed by atoms with Crippen molar-refractivity contribution >= 4 is 28.6 Å². The maximum atomic E-state index is 13.1. The minimum absolute atomic E-state index is 0.0396. The van der Waals surface area contributed by atoms with Crippen molar-refractivity contribution in [2.45, 2.75) is 5.22 Å². The Morgan fingerprint density at radius 2 is 1.95 bits per heavy atom. The van der Waals surface area contributed by atoms with E-state index in [9.17, 15) is 13.6 Å². The van der Waals surface area contributed by atoms with Gasteiger partial charge in [-0.25, -0.2) is 13.8 Å². The molecule has 0 saturated heterocycles. The van der Waals surface area contributed by atoms with Crippen LogP contribution in [0.25, 0.3) is 11.1 Å². The number of para-hydroxylation sites is 2. The molecular weight excluding hydrogens is 296 g/mol. The van der Waals surface area contributed by atoms with Crippen molar-refractivity contribution in [3.63, 3.8) is 0 Å². The summed E-state index contributed by atoms with van der Waals surface area (Å²) < 4.78 is 31.4. The Labute approximate surface area is 123 Å². The van der Waals surface area contributed by atoms with Gasteiger partial charge in [-0.3, -0.25) is 4.79 Å². The molecule has 0 aliphatic carbocycles. The summed E-state index contributed by atoms with van der Waals surface area (Å²) in [6.45, 7) is 0. The molecule has 0 N–H and O–H groups in total. The first kappa shape index (κ1) is 13.8. The number of oxazole rings is 1. The van der Waals surface area contributed by atoms with Crippen molar-refractivity contribution in [1.29, 1.82) is 0 Å². The molecule has 1 heterocycles. The number of carbonyl (C=O) groups excluding carboxylic acids is 1. The van der Waals surface area contributed by atoms with E-state index in [1.165, 1.54) is 6.07 Å². The first-order valence-electron chi connectivity index (χ1n) is 6.10. The highest BCUT2D eigenvalue weighted by Gasteiger charge is 2.12. The van der Waals surface area contributed by atoms with Crippen LogP contribution in [-0.2, 0) is 0 Å². The van der Waals surface area contributed by atoms with Crippen LogP contribution in [0.3, 0.4) is 0 Å². The van der Waals surface area contributed by atoms with E-state index in [-0.39, 0.29) is 17.1 Å². The predicted octanol–water partition coefficient (Wildman–Crippen LogP) is 4.08. The van der Waals surface area contributed by atoms with Gasteiger partial charge in [-0.2, -0.15) is 0 Å². The van der Waals surface area contributed by atoms with Crippen LogP contribution in [0.15, 0.2) is 52.1 Å². The topological polar surface area (TPSA) is 43.1 Å². The molecule has 0 saturated carbocycles. The SMILES string of the molecule is O=C(CSc1nc2ccccc2o1)c1ccc(F)c(F)c1. The van der Waals surface area contributed by atoms with Crippen LogP contribution in [0, 0.1) is 11.6 Å². The molecule has 1 aromatic heterocycles. The maximum absolute atomic E-state index is 13.1. The maximum Gasteiger partial charge on any atom is 0.257 e. The van der Waals surface area contributed by atoms with Crippen molar-refractivity contribution in [3.05, 3.63) is 59.7 Å². The van der Waals surface area contributed by atoms with Crippen LogP contribution in [0.4, 0.5) is 8.78 Å². The standard InChI is InChI=1S/C15H9F2NO2S/c16-10-6-5-9(7-11(10)17)13(19)8-21-15-18-12-3-1-2-4-14(12)20-15/h1-7H,8H2. The number of aromatic nitrogens is 1. The van der Waals surface area contributed by atoms with Gasteiger partial charge in [-0.05, 0) is 30.3 Å². The highest BCUT2D eigenvalue weighted by atomic mass is 32.2. The summed E-state index contributed by atoms with van der Waals surface area (Å²) in [5, 5.41) is 0.368. The fraction of sp³-hybridized carbons (Fsp3) is 0.0667. The highest BCUT2D eigenvalue weighted by Crippen LogP contribution is 2.24. The number of fused-ring (bicyclic) bond motifs is 1. The summed E-state index contributed by atoms with van der Waals surface area (Å²) >= 11 is 1.12. The molecule has 106 valence electrons. The van der Waals surface area contributed by atoms with E-state index < -0.39 is 11.6 Å². The molecule has 0 aliphatic rings. The normalized spacial score (nSPS) is 11.0. The molecule has 0 amide bonds. The molecule has 0 radical (unpaired) electrons. The second kappa shape index (κ2) is 5.65. The van der Waals surface area contributed by atoms with Gasteiger partial charge >= 0.3 is 0 Å². The zero-order valence-corrected chi connectivity index (χ0v) is 11.5. The molecule has 0 spiro atoms. The first-order chi connectivity index (χ1) is 10.1. The smallest absolute Gasteiger partial charge is 0.257 e. The Morgan fingerprint density at radius 1 is 1.14 bits per heavy atom. The Kier molecular flexibility index (Phi) is 3.70. The number of rotatable bonds is 4. The van der Waals surface area contributed by atoms with Crippen LogP contribution in [0.1, 0.15) is 10.4 Å². The molecule has 0 unspecified atom stereocenters. The van der Waals surface area contributed by atoms with Crippen LogP contribution in [0.2, 0.25) is 0 Å². The molecule has 0 aliphatic heterocycles. The monoisotopic (exact) mass is 305 g/mol. The molecule has 0 fully saturated rings. The van der Waals surface area contributed by atoms with Crippen molar-refractivity contribution in [2.75, 3.05) is 5.75 Å². The third kappa shape index (κ3) is 2.95. The molecular formula is C15H9F2NO2S. The lowest BCUT2D eigenvalue weighted by Gasteiger charge is -2.00. The van der Waals surface area contributed by atoms with Crippen LogP contribution in [0.5, 0.6) is 0 Å². The summed E-state index contributed by atoms with van der Waals surface area (Å²) in [4.78, 5) is 16.1. The van der Waals surface area contributed by atoms with Gasteiger partial charge in [0.1, 0.15) is 5.52 Å². The average Bonchev–Trinajstić information content (AvgIpc) is 2.90. The summed E-state index contributed by atoms with van der Waals surface area (Å²) in [5.74, 6) is -2.29. The lowest BCUT2D eigenvalue weighted by atomic mass is 10.1. The number of thioether (sulfide) groups is 1. The van der Waals surface area contributed by atoms with Crippen molar-refractivity contribution in [1.82, 2.24) is 4.98 Å². The van der Waals surface area contributed by atoms with Crippen molar-refractivity contribution in [2.24, 2.45) is 0 Å². The van der Waals surface area contributed by atoms with Crippen LogP contribution < -0.4 is 0 Å². The van der Waals surface area contributed by atoms with Crippen LogP contribution in [-0.4, -0.2) is 16.5 Å². The molecule has 3 rings (SSSR count). The molecule has 0 atom stereocenters. The average molecular weight is 305 g/mol. The fourth-order valence-corrected chi connectivity index (χ4v) is 2.53. The van der Waals surface area contributed by atoms with E-state index in [2.05, 4.69) is 4.98 Å². The summed E-state index contributed by atoms with van der Waals surface area (Å²) in [6, 6.07) is 10.3. The van der Waals surface area contributed by atoms with E-state index >= 15 is 0 Å². The predicted molar refractivity (Wildman–Crippen MR) is 75.4 cm³/mol. The van der Waals surface area contributed by atoms with E-state index in [4.69, 9.17) is 4.42 Å². The minimum atomic E-state index is -1.03. The van der Waals surface area contributed by atoms with Gasteiger partial charge in [0.25, 0.3) is 5.22 Å². The second-order valence-electron chi connectivity index (χ2n) is 4.29. The Bertz CT molecular complexity index is 783. The van der Waals surface area contributed by atoms with Gasteiger partial charge in [0.2, 0.25) is 0 Å². The number of carbonyl (C=O) groups is 1. The van der Waals surface area contributed by atoms with Crippen LogP contribution >= 0.6 is 11.8 Å². The summed E-state index contributed by atoms with van der Waals surface area (Å²) in [6.07, 6.45) is 0. The van der Waals surface area contributed by atoms with E-state index in [0.717, 1.165) is 23.9 Å². The quantitative estimate of drug-likeness (QED) is 0.538. The van der Waals surface area contributed by atoms with Gasteiger partial charge in [0.15, 0.2) is 23.0 Å². The van der Waals surface area contributed by atoms with E-state index in [1.807, 2.05) is 12.1 Å².